The SMILES string of the molecule is C=Cc1cccc([N+](=O)[O-])c1CC1C(=O)NC(C)(Cc2ccc(F)cc2)C(=O)N1C. The van der Waals surface area contributed by atoms with Crippen LogP contribution in [0, 0.1) is 15.9 Å². The van der Waals surface area contributed by atoms with Crippen LogP contribution < -0.4 is 5.32 Å². The quantitative estimate of drug-likeness (QED) is 0.584. The number of nitro groups is 1. The van der Waals surface area contributed by atoms with Crippen molar-refractivity contribution in [2.24, 2.45) is 0 Å². The smallest absolute Gasteiger partial charge is 0.273 e. The lowest BCUT2D eigenvalue weighted by Crippen LogP contribution is -2.69. The minimum Gasteiger partial charge on any atom is -0.340 e. The highest BCUT2D eigenvalue weighted by Gasteiger charge is 2.47. The summed E-state index contributed by atoms with van der Waals surface area (Å²) in [7, 11) is 1.51. The lowest BCUT2D eigenvalue weighted by atomic mass is 9.86. The van der Waals surface area contributed by atoms with Crippen LogP contribution in [0.2, 0.25) is 0 Å². The maximum Gasteiger partial charge on any atom is 0.273 e. The van der Waals surface area contributed by atoms with Crippen LogP contribution in [0.25, 0.3) is 6.08 Å². The van der Waals surface area contributed by atoms with Crippen molar-refractivity contribution in [3.63, 3.8) is 0 Å². The zero-order valence-electron chi connectivity index (χ0n) is 16.7. The molecular weight excluding hydrogens is 389 g/mol. The Labute approximate surface area is 173 Å². The molecular formula is C22H22FN3O4. The third kappa shape index (κ3) is 3.94. The fourth-order valence-electron chi connectivity index (χ4n) is 3.85. The van der Waals surface area contributed by atoms with Crippen LogP contribution in [0.3, 0.4) is 0 Å². The van der Waals surface area contributed by atoms with Gasteiger partial charge in [0.05, 0.1) is 4.92 Å². The van der Waals surface area contributed by atoms with Crippen molar-refractivity contribution in [1.82, 2.24) is 10.2 Å². The maximum atomic E-state index is 13.2. The number of likely N-dealkylation sites (N-methyl/N-ethyl adjacent to an activating group) is 1. The average molecular weight is 411 g/mol. The third-order valence-electron chi connectivity index (χ3n) is 5.43. The van der Waals surface area contributed by atoms with E-state index in [1.54, 1.807) is 31.2 Å². The Hall–Kier alpha value is -3.55. The van der Waals surface area contributed by atoms with Gasteiger partial charge in [0.1, 0.15) is 17.4 Å². The van der Waals surface area contributed by atoms with Crippen LogP contribution in [-0.2, 0) is 22.4 Å². The summed E-state index contributed by atoms with van der Waals surface area (Å²) in [5.74, 6) is -1.12. The van der Waals surface area contributed by atoms with Crippen LogP contribution in [-0.4, -0.2) is 40.3 Å². The van der Waals surface area contributed by atoms with E-state index in [1.807, 2.05) is 0 Å². The van der Waals surface area contributed by atoms with E-state index in [1.165, 1.54) is 36.2 Å². The summed E-state index contributed by atoms with van der Waals surface area (Å²) in [6, 6.07) is 9.41. The Bertz CT molecular complexity index is 1020. The first kappa shape index (κ1) is 21.2. The normalized spacial score (nSPS) is 21.3. The van der Waals surface area contributed by atoms with E-state index in [9.17, 15) is 24.1 Å². The molecule has 1 fully saturated rings. The van der Waals surface area contributed by atoms with E-state index in [0.717, 1.165) is 0 Å². The molecule has 0 aromatic heterocycles. The van der Waals surface area contributed by atoms with Gasteiger partial charge in [-0.15, -0.1) is 0 Å². The molecule has 0 spiro atoms. The Morgan fingerprint density at radius 1 is 1.27 bits per heavy atom. The second kappa shape index (κ2) is 8.06. The van der Waals surface area contributed by atoms with Gasteiger partial charge in [0.2, 0.25) is 11.8 Å². The van der Waals surface area contributed by atoms with Crippen LogP contribution in [0.1, 0.15) is 23.6 Å². The predicted octanol–water partition coefficient (Wildman–Crippen LogP) is 2.88. The third-order valence-corrected chi connectivity index (χ3v) is 5.43. The first-order valence-electron chi connectivity index (χ1n) is 9.38. The Morgan fingerprint density at radius 3 is 2.53 bits per heavy atom. The van der Waals surface area contributed by atoms with E-state index in [-0.39, 0.29) is 30.3 Å². The van der Waals surface area contributed by atoms with Crippen LogP contribution >= 0.6 is 0 Å². The number of halogens is 1. The van der Waals surface area contributed by atoms with Crippen LogP contribution in [0.5, 0.6) is 0 Å². The molecule has 1 aliphatic heterocycles. The fraction of sp³-hybridized carbons (Fsp3) is 0.273. The van der Waals surface area contributed by atoms with Crippen molar-refractivity contribution in [3.05, 3.63) is 81.7 Å². The monoisotopic (exact) mass is 411 g/mol. The lowest BCUT2D eigenvalue weighted by Gasteiger charge is -2.43. The molecule has 0 saturated carbocycles. The van der Waals surface area contributed by atoms with Gasteiger partial charge in [0.25, 0.3) is 5.69 Å². The number of hydrogen-bond donors (Lipinski definition) is 1. The Morgan fingerprint density at radius 2 is 1.93 bits per heavy atom. The number of nitro benzene ring substituents is 1. The highest BCUT2D eigenvalue weighted by Crippen LogP contribution is 2.29. The molecule has 2 aromatic carbocycles. The van der Waals surface area contributed by atoms with Gasteiger partial charge in [0, 0.05) is 31.5 Å². The topological polar surface area (TPSA) is 92.5 Å². The van der Waals surface area contributed by atoms with Crippen LogP contribution in [0.4, 0.5) is 10.1 Å². The van der Waals surface area contributed by atoms with Gasteiger partial charge < -0.3 is 10.2 Å². The van der Waals surface area contributed by atoms with E-state index < -0.39 is 22.4 Å². The second-order valence-electron chi connectivity index (χ2n) is 7.57. The summed E-state index contributed by atoms with van der Waals surface area (Å²) in [4.78, 5) is 38.3. The molecule has 7 nitrogen and oxygen atoms in total. The zero-order valence-corrected chi connectivity index (χ0v) is 16.7. The molecule has 2 amide bonds. The number of hydrogen-bond acceptors (Lipinski definition) is 4. The lowest BCUT2D eigenvalue weighted by molar-refractivity contribution is -0.385. The fourth-order valence-corrected chi connectivity index (χ4v) is 3.85. The number of nitrogens with zero attached hydrogens (tertiary/aromatic N) is 2. The largest absolute Gasteiger partial charge is 0.340 e. The Kier molecular flexibility index (Phi) is 5.69. The average Bonchev–Trinajstić information content (AvgIpc) is 2.71. The molecule has 2 unspecified atom stereocenters. The summed E-state index contributed by atoms with van der Waals surface area (Å²) < 4.78 is 13.2. The number of benzene rings is 2. The van der Waals surface area contributed by atoms with Crippen molar-refractivity contribution in [3.8, 4) is 0 Å². The molecule has 1 aliphatic rings. The Balaban J connectivity index is 1.88. The molecule has 0 bridgehead atoms. The van der Waals surface area contributed by atoms with Gasteiger partial charge in [-0.2, -0.15) is 0 Å². The van der Waals surface area contributed by atoms with Crippen molar-refractivity contribution in [2.75, 3.05) is 7.05 Å². The molecule has 0 aliphatic carbocycles. The molecule has 8 heteroatoms. The molecule has 2 aromatic rings. The number of nitrogens with one attached hydrogen (secondary N) is 1. The van der Waals surface area contributed by atoms with E-state index >= 15 is 0 Å². The molecule has 1 heterocycles. The molecule has 1 N–H and O–H groups in total. The summed E-state index contributed by atoms with van der Waals surface area (Å²) in [5, 5.41) is 14.2. The molecule has 1 saturated heterocycles. The minimum absolute atomic E-state index is 0.0147. The van der Waals surface area contributed by atoms with E-state index in [2.05, 4.69) is 11.9 Å². The zero-order chi connectivity index (χ0) is 22.1. The number of carbonyl (C=O) groups excluding carboxylic acids is 2. The summed E-state index contributed by atoms with van der Waals surface area (Å²) in [6.45, 7) is 5.30. The first-order chi connectivity index (χ1) is 14.2. The second-order valence-corrected chi connectivity index (χ2v) is 7.57. The number of carbonyl (C=O) groups is 2. The minimum atomic E-state index is -1.20. The van der Waals surface area contributed by atoms with Crippen molar-refractivity contribution in [2.45, 2.75) is 31.3 Å². The van der Waals surface area contributed by atoms with Crippen molar-refractivity contribution in [1.29, 1.82) is 0 Å². The van der Waals surface area contributed by atoms with Crippen LogP contribution in [0.15, 0.2) is 49.0 Å². The van der Waals surface area contributed by atoms with Gasteiger partial charge in [-0.3, -0.25) is 19.7 Å². The first-order valence-corrected chi connectivity index (χ1v) is 9.38. The summed E-state index contributed by atoms with van der Waals surface area (Å²) in [5.41, 5.74) is 0.258. The van der Waals surface area contributed by atoms with E-state index in [4.69, 9.17) is 0 Å². The van der Waals surface area contributed by atoms with Gasteiger partial charge in [-0.1, -0.05) is 36.9 Å². The standard InChI is InChI=1S/C22H22FN3O4/c1-4-15-6-5-7-18(26(29)30)17(15)12-19-20(27)24-22(2,21(28)25(19)3)13-14-8-10-16(23)11-9-14/h4-11,19H,1,12-13H2,2-3H3,(H,24,27). The van der Waals surface area contributed by atoms with Gasteiger partial charge >= 0.3 is 0 Å². The van der Waals surface area contributed by atoms with Gasteiger partial charge in [-0.25, -0.2) is 4.39 Å². The molecule has 0 radical (unpaired) electrons. The molecule has 156 valence electrons. The van der Waals surface area contributed by atoms with Crippen molar-refractivity contribution < 1.29 is 18.9 Å². The summed E-state index contributed by atoms with van der Waals surface area (Å²) in [6.07, 6.45) is 1.67. The molecule has 3 rings (SSSR count). The highest BCUT2D eigenvalue weighted by atomic mass is 19.1. The number of rotatable bonds is 6. The number of piperazine rings is 1. The molecule has 30 heavy (non-hydrogen) atoms. The molecule has 2 atom stereocenters. The van der Waals surface area contributed by atoms with Gasteiger partial charge in [0.15, 0.2) is 0 Å². The van der Waals surface area contributed by atoms with Crippen molar-refractivity contribution >= 4 is 23.6 Å². The van der Waals surface area contributed by atoms with E-state index in [0.29, 0.717) is 16.7 Å². The highest BCUT2D eigenvalue weighted by molar-refractivity contribution is 5.99. The van der Waals surface area contributed by atoms with Gasteiger partial charge in [-0.05, 0) is 30.2 Å². The maximum absolute atomic E-state index is 13.2. The number of amides is 2. The summed E-state index contributed by atoms with van der Waals surface area (Å²) >= 11 is 0. The predicted molar refractivity (Wildman–Crippen MR) is 110 cm³/mol.